The largest absolute Gasteiger partial charge is 0.491 e. The lowest BCUT2D eigenvalue weighted by atomic mass is 10.1. The summed E-state index contributed by atoms with van der Waals surface area (Å²) in [6.45, 7) is 5.32. The quantitative estimate of drug-likeness (QED) is 0.0266. The fourth-order valence-corrected chi connectivity index (χ4v) is 6.15. The Morgan fingerprint density at radius 3 is 1.30 bits per heavy atom. The van der Waals surface area contributed by atoms with Gasteiger partial charge in [0.25, 0.3) is 0 Å². The highest BCUT2D eigenvalue weighted by Crippen LogP contribution is 2.26. The van der Waals surface area contributed by atoms with E-state index >= 15 is 0 Å². The molecule has 0 saturated carbocycles. The van der Waals surface area contributed by atoms with Crippen LogP contribution in [0.3, 0.4) is 0 Å². The van der Waals surface area contributed by atoms with Gasteiger partial charge in [-0.05, 0) is 84.6 Å². The highest BCUT2D eigenvalue weighted by Gasteiger charge is 2.13. The van der Waals surface area contributed by atoms with E-state index in [4.69, 9.17) is 18.9 Å². The third kappa shape index (κ3) is 15.2. The maximum absolute atomic E-state index is 14.6. The lowest BCUT2D eigenvalue weighted by molar-refractivity contribution is 0.0732. The molecule has 8 nitrogen and oxygen atoms in total. The number of carbonyl (C=O) groups is 2. The average molecular weight is 817 g/mol. The molecule has 0 saturated heterocycles. The average Bonchev–Trinajstić information content (AvgIpc) is 3.26. The summed E-state index contributed by atoms with van der Waals surface area (Å²) in [7, 11) is 0. The second-order valence-electron chi connectivity index (χ2n) is 14.5. The lowest BCUT2D eigenvalue weighted by Crippen LogP contribution is -2.10. The van der Waals surface area contributed by atoms with Crippen molar-refractivity contribution >= 4 is 35.7 Å². The molecule has 0 N–H and O–H groups in total. The predicted octanol–water partition coefficient (Wildman–Crippen LogP) is 13.4. The third-order valence-corrected chi connectivity index (χ3v) is 9.59. The summed E-state index contributed by atoms with van der Waals surface area (Å²) in [5.74, 6) is -1.33. The molecule has 0 spiro atoms. The molecule has 0 fully saturated rings. The Balaban J connectivity index is 1.06. The summed E-state index contributed by atoms with van der Waals surface area (Å²) in [6.07, 6.45) is 16.7. The Morgan fingerprint density at radius 1 is 0.500 bits per heavy atom. The van der Waals surface area contributed by atoms with Crippen molar-refractivity contribution in [3.63, 3.8) is 0 Å². The molecule has 0 aliphatic carbocycles. The first-order valence-electron chi connectivity index (χ1n) is 21.0. The molecule has 0 radical (unpaired) electrons. The zero-order valence-electron chi connectivity index (χ0n) is 34.5. The minimum atomic E-state index is -0.603. The van der Waals surface area contributed by atoms with Crippen molar-refractivity contribution in [1.29, 1.82) is 0 Å². The number of rotatable bonds is 24. The number of benzene rings is 5. The minimum absolute atomic E-state index is 0.192. The Bertz CT molecular complexity index is 2020. The Labute approximate surface area is 352 Å². The number of unbranched alkanes of at least 4 members (excludes halogenated alkanes) is 10. The van der Waals surface area contributed by atoms with Gasteiger partial charge in [-0.2, -0.15) is 0 Å². The Kier molecular flexibility index (Phi) is 18.5. The van der Waals surface area contributed by atoms with Gasteiger partial charge in [-0.25, -0.2) is 18.4 Å². The van der Waals surface area contributed by atoms with Crippen molar-refractivity contribution in [2.75, 3.05) is 13.2 Å². The first-order chi connectivity index (χ1) is 29.3. The molecule has 314 valence electrons. The monoisotopic (exact) mass is 816 g/mol. The SMILES string of the molecule is CCCCCCCCOc1ccc(N=Cc2ccc(C(=O)Oc3cccc(OC(=O)c4ccc(C=Nc5ccc(OCCCCCCCC)c(F)c5)cc4)c3)cc2)cc1F. The van der Waals surface area contributed by atoms with Crippen LogP contribution < -0.4 is 18.9 Å². The van der Waals surface area contributed by atoms with Crippen LogP contribution in [0.4, 0.5) is 20.2 Å². The van der Waals surface area contributed by atoms with Crippen LogP contribution in [0.2, 0.25) is 0 Å². The third-order valence-electron chi connectivity index (χ3n) is 9.59. The van der Waals surface area contributed by atoms with E-state index in [0.717, 1.165) is 25.7 Å². The fraction of sp³-hybridized carbons (Fsp3) is 0.320. The molecule has 60 heavy (non-hydrogen) atoms. The zero-order valence-corrected chi connectivity index (χ0v) is 34.5. The van der Waals surface area contributed by atoms with Crippen molar-refractivity contribution in [3.8, 4) is 23.0 Å². The maximum atomic E-state index is 14.6. The predicted molar refractivity (Wildman–Crippen MR) is 234 cm³/mol. The Hall–Kier alpha value is -6.16. The summed E-state index contributed by atoms with van der Waals surface area (Å²) >= 11 is 0. The molecule has 0 aromatic heterocycles. The molecule has 0 atom stereocenters. The van der Waals surface area contributed by atoms with Crippen molar-refractivity contribution in [3.05, 3.63) is 143 Å². The second kappa shape index (κ2) is 24.7. The zero-order chi connectivity index (χ0) is 42.4. The Morgan fingerprint density at radius 2 is 0.900 bits per heavy atom. The van der Waals surface area contributed by atoms with Gasteiger partial charge in [-0.15, -0.1) is 0 Å². The van der Waals surface area contributed by atoms with Gasteiger partial charge in [0, 0.05) is 30.6 Å². The number of carbonyl (C=O) groups excluding carboxylic acids is 2. The van der Waals surface area contributed by atoms with Gasteiger partial charge in [-0.1, -0.05) is 108 Å². The minimum Gasteiger partial charge on any atom is -0.491 e. The first kappa shape index (κ1) is 44.9. The van der Waals surface area contributed by atoms with Gasteiger partial charge < -0.3 is 18.9 Å². The molecule has 0 heterocycles. The van der Waals surface area contributed by atoms with Gasteiger partial charge in [0.1, 0.15) is 11.5 Å². The second-order valence-corrected chi connectivity index (χ2v) is 14.5. The van der Waals surface area contributed by atoms with Crippen LogP contribution in [0.15, 0.2) is 119 Å². The molecule has 5 rings (SSSR count). The summed E-state index contributed by atoms with van der Waals surface area (Å²) < 4.78 is 51.5. The van der Waals surface area contributed by atoms with E-state index in [1.807, 2.05) is 0 Å². The molecule has 5 aromatic carbocycles. The van der Waals surface area contributed by atoms with E-state index in [1.54, 1.807) is 103 Å². The van der Waals surface area contributed by atoms with Crippen LogP contribution in [0.1, 0.15) is 123 Å². The molecule has 10 heteroatoms. The van der Waals surface area contributed by atoms with Crippen molar-refractivity contribution in [1.82, 2.24) is 0 Å². The van der Waals surface area contributed by atoms with E-state index in [9.17, 15) is 18.4 Å². The van der Waals surface area contributed by atoms with E-state index in [0.29, 0.717) is 46.8 Å². The molecular formula is C50H54F2N2O6. The van der Waals surface area contributed by atoms with Crippen molar-refractivity contribution in [2.24, 2.45) is 9.98 Å². The topological polar surface area (TPSA) is 95.8 Å². The molecule has 0 aliphatic rings. The van der Waals surface area contributed by atoms with Crippen molar-refractivity contribution in [2.45, 2.75) is 90.9 Å². The van der Waals surface area contributed by atoms with Gasteiger partial charge >= 0.3 is 11.9 Å². The first-order valence-corrected chi connectivity index (χ1v) is 21.0. The molecule has 0 aliphatic heterocycles. The van der Waals surface area contributed by atoms with E-state index in [2.05, 4.69) is 23.8 Å². The van der Waals surface area contributed by atoms with Gasteiger partial charge in [0.05, 0.1) is 35.7 Å². The van der Waals surface area contributed by atoms with E-state index in [1.165, 1.54) is 69.6 Å². The summed E-state index contributed by atoms with van der Waals surface area (Å²) in [6, 6.07) is 28.7. The number of halogens is 2. The number of hydrogen-bond donors (Lipinski definition) is 0. The van der Waals surface area contributed by atoms with Crippen LogP contribution in [-0.2, 0) is 0 Å². The number of hydrogen-bond acceptors (Lipinski definition) is 8. The lowest BCUT2D eigenvalue weighted by Gasteiger charge is -2.08. The fourth-order valence-electron chi connectivity index (χ4n) is 6.15. The molecule has 5 aromatic rings. The van der Waals surface area contributed by atoms with Crippen LogP contribution in [-0.4, -0.2) is 37.6 Å². The molecule has 0 amide bonds. The van der Waals surface area contributed by atoms with Gasteiger partial charge in [0.2, 0.25) is 0 Å². The van der Waals surface area contributed by atoms with Crippen molar-refractivity contribution < 1.29 is 37.3 Å². The van der Waals surface area contributed by atoms with Gasteiger partial charge in [0.15, 0.2) is 23.1 Å². The number of ether oxygens (including phenoxy) is 4. The molecule has 0 bridgehead atoms. The maximum Gasteiger partial charge on any atom is 0.343 e. The van der Waals surface area contributed by atoms with Crippen LogP contribution >= 0.6 is 0 Å². The van der Waals surface area contributed by atoms with Crippen LogP contribution in [0.25, 0.3) is 0 Å². The standard InChI is InChI=1S/C50H54F2N2O6/c1-3-5-7-9-11-13-30-57-47-28-26-41(32-45(47)51)53-35-37-18-22-39(23-19-37)49(55)59-43-16-15-17-44(34-43)60-50(56)40-24-20-38(21-25-40)36-54-42-27-29-48(46(52)33-42)58-31-14-12-10-8-6-4-2/h15-29,32-36H,3-14,30-31H2,1-2H3. The van der Waals surface area contributed by atoms with Crippen LogP contribution in [0, 0.1) is 11.6 Å². The number of esters is 2. The summed E-state index contributed by atoms with van der Waals surface area (Å²) in [4.78, 5) is 34.6. The molecular weight excluding hydrogens is 763 g/mol. The number of nitrogens with zero attached hydrogens (tertiary/aromatic N) is 2. The van der Waals surface area contributed by atoms with E-state index < -0.39 is 23.6 Å². The summed E-state index contributed by atoms with van der Waals surface area (Å²) in [5.41, 5.74) is 2.87. The highest BCUT2D eigenvalue weighted by atomic mass is 19.1. The number of aliphatic imine (C=N–C) groups is 2. The molecule has 0 unspecified atom stereocenters. The summed E-state index contributed by atoms with van der Waals surface area (Å²) in [5, 5.41) is 0. The normalized spacial score (nSPS) is 11.3. The van der Waals surface area contributed by atoms with Crippen LogP contribution in [0.5, 0.6) is 23.0 Å². The van der Waals surface area contributed by atoms with E-state index in [-0.39, 0.29) is 23.0 Å². The van der Waals surface area contributed by atoms with Gasteiger partial charge in [-0.3, -0.25) is 9.98 Å². The highest BCUT2D eigenvalue weighted by molar-refractivity contribution is 5.93. The smallest absolute Gasteiger partial charge is 0.343 e.